The van der Waals surface area contributed by atoms with Gasteiger partial charge in [-0.3, -0.25) is 0 Å². The third-order valence-electron chi connectivity index (χ3n) is 3.19. The fraction of sp³-hybridized carbons (Fsp3) is 1.00. The molecule has 0 amide bonds. The van der Waals surface area contributed by atoms with Gasteiger partial charge in [-0.15, -0.1) is 0 Å². The highest BCUT2D eigenvalue weighted by Gasteiger charge is 2.28. The van der Waals surface area contributed by atoms with E-state index >= 15 is 0 Å². The summed E-state index contributed by atoms with van der Waals surface area (Å²) >= 11 is 0. The molecule has 1 unspecified atom stereocenters. The SMILES string of the molecule is CCCCCCCCC1O[C@@H](C)[C@@H](C)O1. The summed E-state index contributed by atoms with van der Waals surface area (Å²) in [6, 6.07) is 0. The molecule has 2 nitrogen and oxygen atoms in total. The summed E-state index contributed by atoms with van der Waals surface area (Å²) in [5.74, 6) is 0. The van der Waals surface area contributed by atoms with Crippen LogP contribution >= 0.6 is 0 Å². The van der Waals surface area contributed by atoms with Gasteiger partial charge in [0.25, 0.3) is 0 Å². The average molecular weight is 214 g/mol. The maximum absolute atomic E-state index is 5.68. The van der Waals surface area contributed by atoms with Crippen LogP contribution in [0.1, 0.15) is 65.7 Å². The van der Waals surface area contributed by atoms with Crippen molar-refractivity contribution in [3.8, 4) is 0 Å². The molecule has 1 heterocycles. The van der Waals surface area contributed by atoms with E-state index in [2.05, 4.69) is 20.8 Å². The summed E-state index contributed by atoms with van der Waals surface area (Å²) in [6.45, 7) is 6.43. The minimum atomic E-state index is 0.0705. The van der Waals surface area contributed by atoms with Crippen molar-refractivity contribution in [2.24, 2.45) is 0 Å². The van der Waals surface area contributed by atoms with Crippen molar-refractivity contribution >= 4 is 0 Å². The molecular weight excluding hydrogens is 188 g/mol. The number of hydrogen-bond acceptors (Lipinski definition) is 2. The van der Waals surface area contributed by atoms with Gasteiger partial charge < -0.3 is 9.47 Å². The summed E-state index contributed by atoms with van der Waals surface area (Å²) in [4.78, 5) is 0. The van der Waals surface area contributed by atoms with Gasteiger partial charge in [-0.1, -0.05) is 39.0 Å². The monoisotopic (exact) mass is 214 g/mol. The van der Waals surface area contributed by atoms with Gasteiger partial charge in [-0.25, -0.2) is 0 Å². The number of ether oxygens (including phenoxy) is 2. The van der Waals surface area contributed by atoms with E-state index < -0.39 is 0 Å². The Morgan fingerprint density at radius 3 is 1.93 bits per heavy atom. The van der Waals surface area contributed by atoms with Crippen molar-refractivity contribution < 1.29 is 9.47 Å². The molecule has 90 valence electrons. The lowest BCUT2D eigenvalue weighted by molar-refractivity contribution is -0.0681. The molecule has 0 radical (unpaired) electrons. The quantitative estimate of drug-likeness (QED) is 0.599. The normalized spacial score (nSPS) is 31.0. The lowest BCUT2D eigenvalue weighted by Gasteiger charge is -2.09. The Balaban J connectivity index is 1.92. The highest BCUT2D eigenvalue weighted by atomic mass is 16.7. The Morgan fingerprint density at radius 2 is 1.33 bits per heavy atom. The molecular formula is C13H26O2. The number of unbranched alkanes of at least 4 members (excludes halogenated alkanes) is 5. The zero-order chi connectivity index (χ0) is 11.1. The highest BCUT2D eigenvalue weighted by molar-refractivity contribution is 4.69. The van der Waals surface area contributed by atoms with E-state index in [1.807, 2.05) is 0 Å². The fourth-order valence-corrected chi connectivity index (χ4v) is 1.96. The number of hydrogen-bond donors (Lipinski definition) is 0. The lowest BCUT2D eigenvalue weighted by Crippen LogP contribution is -2.13. The maximum Gasteiger partial charge on any atom is 0.158 e. The Bertz CT molecular complexity index is 149. The Morgan fingerprint density at radius 1 is 0.800 bits per heavy atom. The first kappa shape index (κ1) is 13.0. The van der Waals surface area contributed by atoms with Crippen molar-refractivity contribution in [2.75, 3.05) is 0 Å². The van der Waals surface area contributed by atoms with Crippen LogP contribution in [0.5, 0.6) is 0 Å². The van der Waals surface area contributed by atoms with Gasteiger partial charge in [0.2, 0.25) is 0 Å². The fourth-order valence-electron chi connectivity index (χ4n) is 1.96. The largest absolute Gasteiger partial charge is 0.347 e. The van der Waals surface area contributed by atoms with Crippen molar-refractivity contribution in [2.45, 2.75) is 84.2 Å². The van der Waals surface area contributed by atoms with Gasteiger partial charge in [0.15, 0.2) is 6.29 Å². The van der Waals surface area contributed by atoms with Crippen LogP contribution < -0.4 is 0 Å². The van der Waals surface area contributed by atoms with Gasteiger partial charge in [-0.2, -0.15) is 0 Å². The molecule has 0 bridgehead atoms. The zero-order valence-electron chi connectivity index (χ0n) is 10.5. The van der Waals surface area contributed by atoms with E-state index in [0.29, 0.717) is 0 Å². The topological polar surface area (TPSA) is 18.5 Å². The molecule has 0 aliphatic carbocycles. The van der Waals surface area contributed by atoms with E-state index in [4.69, 9.17) is 9.47 Å². The molecule has 1 fully saturated rings. The Hall–Kier alpha value is -0.0800. The van der Waals surface area contributed by atoms with E-state index in [1.54, 1.807) is 0 Å². The van der Waals surface area contributed by atoms with Crippen LogP contribution in [0.2, 0.25) is 0 Å². The molecule has 15 heavy (non-hydrogen) atoms. The lowest BCUT2D eigenvalue weighted by atomic mass is 10.1. The molecule has 0 saturated carbocycles. The third kappa shape index (κ3) is 4.98. The van der Waals surface area contributed by atoms with Crippen molar-refractivity contribution in [1.29, 1.82) is 0 Å². The Kier molecular flexibility index (Phi) is 6.26. The van der Waals surface area contributed by atoms with E-state index in [0.717, 1.165) is 6.42 Å². The van der Waals surface area contributed by atoms with Crippen LogP contribution in [0.4, 0.5) is 0 Å². The summed E-state index contributed by atoms with van der Waals surface area (Å²) in [6.07, 6.45) is 9.71. The minimum Gasteiger partial charge on any atom is -0.347 e. The zero-order valence-corrected chi connectivity index (χ0v) is 10.5. The van der Waals surface area contributed by atoms with E-state index in [9.17, 15) is 0 Å². The standard InChI is InChI=1S/C13H26O2/c1-4-5-6-7-8-9-10-13-14-11(2)12(3)15-13/h11-13H,4-10H2,1-3H3/t11-,12+,13?. The van der Waals surface area contributed by atoms with E-state index in [-0.39, 0.29) is 18.5 Å². The van der Waals surface area contributed by atoms with Gasteiger partial charge in [0, 0.05) is 0 Å². The van der Waals surface area contributed by atoms with Crippen LogP contribution in [0.25, 0.3) is 0 Å². The first-order valence-electron chi connectivity index (χ1n) is 6.55. The molecule has 0 aromatic rings. The van der Waals surface area contributed by atoms with Crippen LogP contribution in [-0.2, 0) is 9.47 Å². The Labute approximate surface area is 94.3 Å². The maximum atomic E-state index is 5.68. The second-order valence-corrected chi connectivity index (χ2v) is 4.67. The first-order chi connectivity index (χ1) is 7.24. The van der Waals surface area contributed by atoms with Crippen molar-refractivity contribution in [3.63, 3.8) is 0 Å². The average Bonchev–Trinajstić information content (AvgIpc) is 2.52. The summed E-state index contributed by atoms with van der Waals surface area (Å²) in [7, 11) is 0. The summed E-state index contributed by atoms with van der Waals surface area (Å²) < 4.78 is 11.4. The van der Waals surface area contributed by atoms with Crippen LogP contribution in [-0.4, -0.2) is 18.5 Å². The second-order valence-electron chi connectivity index (χ2n) is 4.67. The van der Waals surface area contributed by atoms with Gasteiger partial charge >= 0.3 is 0 Å². The molecule has 0 N–H and O–H groups in total. The molecule has 1 aliphatic heterocycles. The third-order valence-corrected chi connectivity index (χ3v) is 3.19. The highest BCUT2D eigenvalue weighted by Crippen LogP contribution is 2.22. The molecule has 0 aromatic heterocycles. The van der Waals surface area contributed by atoms with Crippen LogP contribution in [0, 0.1) is 0 Å². The van der Waals surface area contributed by atoms with Crippen molar-refractivity contribution in [3.05, 3.63) is 0 Å². The second kappa shape index (κ2) is 7.24. The molecule has 0 spiro atoms. The predicted molar refractivity (Wildman–Crippen MR) is 62.9 cm³/mol. The predicted octanol–water partition coefficient (Wildman–Crippen LogP) is 3.89. The van der Waals surface area contributed by atoms with E-state index in [1.165, 1.54) is 38.5 Å². The summed E-state index contributed by atoms with van der Waals surface area (Å²) in [5, 5.41) is 0. The molecule has 1 rings (SSSR count). The van der Waals surface area contributed by atoms with Gasteiger partial charge in [-0.05, 0) is 26.7 Å². The molecule has 1 saturated heterocycles. The molecule has 3 atom stereocenters. The van der Waals surface area contributed by atoms with Gasteiger partial charge in [0.1, 0.15) is 0 Å². The molecule has 1 aliphatic rings. The first-order valence-corrected chi connectivity index (χ1v) is 6.55. The molecule has 0 aromatic carbocycles. The van der Waals surface area contributed by atoms with Gasteiger partial charge in [0.05, 0.1) is 12.2 Å². The minimum absolute atomic E-state index is 0.0705. The number of rotatable bonds is 7. The van der Waals surface area contributed by atoms with Crippen molar-refractivity contribution in [1.82, 2.24) is 0 Å². The van der Waals surface area contributed by atoms with Crippen LogP contribution in [0.3, 0.4) is 0 Å². The summed E-state index contributed by atoms with van der Waals surface area (Å²) in [5.41, 5.74) is 0. The van der Waals surface area contributed by atoms with Crippen LogP contribution in [0.15, 0.2) is 0 Å². The molecule has 2 heteroatoms. The smallest absolute Gasteiger partial charge is 0.158 e.